The third-order valence-electron chi connectivity index (χ3n) is 3.00. The first-order valence-electron chi connectivity index (χ1n) is 6.71. The van der Waals surface area contributed by atoms with Gasteiger partial charge in [0.15, 0.2) is 0 Å². The fourth-order valence-electron chi connectivity index (χ4n) is 1.99. The second-order valence-electron chi connectivity index (χ2n) is 4.80. The zero-order valence-corrected chi connectivity index (χ0v) is 12.1. The minimum absolute atomic E-state index is 0.0321. The van der Waals surface area contributed by atoms with Crippen molar-refractivity contribution in [2.24, 2.45) is 0 Å². The summed E-state index contributed by atoms with van der Waals surface area (Å²) in [5, 5.41) is 16.7. The molecule has 0 saturated heterocycles. The lowest BCUT2D eigenvalue weighted by molar-refractivity contribution is -0.384. The van der Waals surface area contributed by atoms with E-state index in [0.29, 0.717) is 6.42 Å². The molecule has 2 unspecified atom stereocenters. The summed E-state index contributed by atoms with van der Waals surface area (Å²) in [4.78, 5) is 22.1. The number of nitro benzene ring substituents is 1. The summed E-state index contributed by atoms with van der Waals surface area (Å²) >= 11 is 0. The molecule has 1 aromatic carbocycles. The summed E-state index contributed by atoms with van der Waals surface area (Å²) < 4.78 is 0. The van der Waals surface area contributed by atoms with E-state index in [2.05, 4.69) is 10.6 Å². The molecule has 0 fully saturated rings. The highest BCUT2D eigenvalue weighted by Crippen LogP contribution is 2.18. The second kappa shape index (κ2) is 7.59. The van der Waals surface area contributed by atoms with Crippen LogP contribution in [0.5, 0.6) is 0 Å². The Labute approximate surface area is 118 Å². The first-order chi connectivity index (χ1) is 9.43. The molecular formula is C14H21N3O3. The number of benzene rings is 1. The van der Waals surface area contributed by atoms with Crippen LogP contribution >= 0.6 is 0 Å². The molecule has 2 N–H and O–H groups in total. The number of nitro groups is 1. The summed E-state index contributed by atoms with van der Waals surface area (Å²) in [7, 11) is 0. The lowest BCUT2D eigenvalue weighted by Gasteiger charge is -2.17. The maximum Gasteiger partial charge on any atom is 0.269 e. The van der Waals surface area contributed by atoms with Crippen LogP contribution in [0.4, 0.5) is 5.69 Å². The molecule has 0 saturated carbocycles. The van der Waals surface area contributed by atoms with Crippen LogP contribution in [-0.4, -0.2) is 23.4 Å². The minimum Gasteiger partial charge on any atom is -0.350 e. The third kappa shape index (κ3) is 4.97. The molecule has 0 aromatic heterocycles. The second-order valence-corrected chi connectivity index (χ2v) is 4.80. The molecule has 110 valence electrons. The number of hydrogen-bond donors (Lipinski definition) is 2. The van der Waals surface area contributed by atoms with Crippen molar-refractivity contribution in [2.75, 3.05) is 6.54 Å². The van der Waals surface area contributed by atoms with Crippen LogP contribution in [0.2, 0.25) is 0 Å². The monoisotopic (exact) mass is 279 g/mol. The van der Waals surface area contributed by atoms with Crippen LogP contribution in [0.3, 0.4) is 0 Å². The van der Waals surface area contributed by atoms with Crippen molar-refractivity contribution in [3.63, 3.8) is 0 Å². The highest BCUT2D eigenvalue weighted by molar-refractivity contribution is 5.77. The van der Waals surface area contributed by atoms with E-state index in [4.69, 9.17) is 0 Å². The van der Waals surface area contributed by atoms with Gasteiger partial charge in [-0.25, -0.2) is 0 Å². The van der Waals surface area contributed by atoms with Gasteiger partial charge >= 0.3 is 0 Å². The van der Waals surface area contributed by atoms with Crippen LogP contribution in [0.15, 0.2) is 24.3 Å². The Morgan fingerprint density at radius 1 is 1.40 bits per heavy atom. The van der Waals surface area contributed by atoms with Gasteiger partial charge in [0.1, 0.15) is 0 Å². The largest absolute Gasteiger partial charge is 0.350 e. The predicted molar refractivity (Wildman–Crippen MR) is 77.4 cm³/mol. The zero-order valence-electron chi connectivity index (χ0n) is 12.1. The Morgan fingerprint density at radius 3 is 2.70 bits per heavy atom. The molecule has 0 bridgehead atoms. The van der Waals surface area contributed by atoms with E-state index in [1.54, 1.807) is 12.1 Å². The molecule has 1 amide bonds. The number of non-ortho nitro benzene ring substituents is 1. The first-order valence-corrected chi connectivity index (χ1v) is 6.71. The van der Waals surface area contributed by atoms with E-state index < -0.39 is 4.92 Å². The lowest BCUT2D eigenvalue weighted by Crippen LogP contribution is -2.34. The minimum atomic E-state index is -0.439. The van der Waals surface area contributed by atoms with Gasteiger partial charge in [-0.15, -0.1) is 0 Å². The van der Waals surface area contributed by atoms with Crippen molar-refractivity contribution in [3.8, 4) is 0 Å². The molecular weight excluding hydrogens is 258 g/mol. The molecule has 0 heterocycles. The number of nitrogens with zero attached hydrogens (tertiary/aromatic N) is 1. The smallest absolute Gasteiger partial charge is 0.269 e. The summed E-state index contributed by atoms with van der Waals surface area (Å²) in [6, 6.07) is 6.17. The van der Waals surface area contributed by atoms with Gasteiger partial charge in [0.2, 0.25) is 5.91 Å². The van der Waals surface area contributed by atoms with Gasteiger partial charge in [0.25, 0.3) is 5.69 Å². The van der Waals surface area contributed by atoms with Crippen LogP contribution in [0.1, 0.15) is 38.8 Å². The normalized spacial score (nSPS) is 13.6. The SMILES string of the molecule is CCNC(C)CC(=O)NC(C)c1cccc([N+](=O)[O-])c1. The number of hydrogen-bond acceptors (Lipinski definition) is 4. The van der Waals surface area contributed by atoms with E-state index >= 15 is 0 Å². The van der Waals surface area contributed by atoms with Gasteiger partial charge in [0, 0.05) is 24.6 Å². The van der Waals surface area contributed by atoms with E-state index in [1.165, 1.54) is 12.1 Å². The van der Waals surface area contributed by atoms with Gasteiger partial charge < -0.3 is 10.6 Å². The van der Waals surface area contributed by atoms with E-state index in [9.17, 15) is 14.9 Å². The molecule has 1 rings (SSSR count). The van der Waals surface area contributed by atoms with E-state index in [-0.39, 0.29) is 23.7 Å². The summed E-state index contributed by atoms with van der Waals surface area (Å²) in [6.45, 7) is 6.56. The number of rotatable bonds is 7. The van der Waals surface area contributed by atoms with E-state index in [1.807, 2.05) is 20.8 Å². The number of nitrogens with one attached hydrogen (secondary N) is 2. The zero-order chi connectivity index (χ0) is 15.1. The Hall–Kier alpha value is -1.95. The van der Waals surface area contributed by atoms with Crippen molar-refractivity contribution in [1.29, 1.82) is 0 Å². The fourth-order valence-corrected chi connectivity index (χ4v) is 1.99. The Morgan fingerprint density at radius 2 is 2.10 bits per heavy atom. The number of carbonyl (C=O) groups excluding carboxylic acids is 1. The van der Waals surface area contributed by atoms with Gasteiger partial charge in [-0.3, -0.25) is 14.9 Å². The Bertz CT molecular complexity index is 476. The predicted octanol–water partition coefficient (Wildman–Crippen LogP) is 2.16. The number of carbonyl (C=O) groups is 1. The molecule has 20 heavy (non-hydrogen) atoms. The third-order valence-corrected chi connectivity index (χ3v) is 3.00. The highest BCUT2D eigenvalue weighted by Gasteiger charge is 2.14. The lowest BCUT2D eigenvalue weighted by atomic mass is 10.1. The van der Waals surface area contributed by atoms with Gasteiger partial charge in [0.05, 0.1) is 11.0 Å². The first kappa shape index (κ1) is 16.1. The summed E-state index contributed by atoms with van der Waals surface area (Å²) in [5.74, 6) is -0.0718. The van der Waals surface area contributed by atoms with Crippen LogP contribution < -0.4 is 10.6 Å². The molecule has 2 atom stereocenters. The fraction of sp³-hybridized carbons (Fsp3) is 0.500. The van der Waals surface area contributed by atoms with Gasteiger partial charge in [-0.05, 0) is 26.0 Å². The van der Waals surface area contributed by atoms with Gasteiger partial charge in [-0.2, -0.15) is 0 Å². The maximum atomic E-state index is 11.8. The molecule has 0 radical (unpaired) electrons. The molecule has 6 heteroatoms. The topological polar surface area (TPSA) is 84.3 Å². The standard InChI is InChI=1S/C14H21N3O3/c1-4-15-10(2)8-14(18)16-11(3)12-6-5-7-13(9-12)17(19)20/h5-7,9-11,15H,4,8H2,1-3H3,(H,16,18). The summed E-state index contributed by atoms with van der Waals surface area (Å²) in [5.41, 5.74) is 0.758. The molecule has 1 aromatic rings. The maximum absolute atomic E-state index is 11.8. The molecule has 6 nitrogen and oxygen atoms in total. The molecule has 0 aliphatic carbocycles. The number of amides is 1. The quantitative estimate of drug-likeness (QED) is 0.591. The highest BCUT2D eigenvalue weighted by atomic mass is 16.6. The van der Waals surface area contributed by atoms with Crippen LogP contribution in [0, 0.1) is 10.1 Å². The summed E-state index contributed by atoms with van der Waals surface area (Å²) in [6.07, 6.45) is 0.382. The van der Waals surface area contributed by atoms with Crippen LogP contribution in [0.25, 0.3) is 0 Å². The van der Waals surface area contributed by atoms with E-state index in [0.717, 1.165) is 12.1 Å². The molecule has 0 aliphatic heterocycles. The van der Waals surface area contributed by atoms with Crippen molar-refractivity contribution < 1.29 is 9.72 Å². The average molecular weight is 279 g/mol. The van der Waals surface area contributed by atoms with Crippen molar-refractivity contribution in [3.05, 3.63) is 39.9 Å². The molecule has 0 aliphatic rings. The Kier molecular flexibility index (Phi) is 6.11. The van der Waals surface area contributed by atoms with Crippen LogP contribution in [-0.2, 0) is 4.79 Å². The van der Waals surface area contributed by atoms with Crippen molar-refractivity contribution in [1.82, 2.24) is 10.6 Å². The average Bonchev–Trinajstić information content (AvgIpc) is 2.38. The van der Waals surface area contributed by atoms with Gasteiger partial charge in [-0.1, -0.05) is 19.1 Å². The van der Waals surface area contributed by atoms with Crippen molar-refractivity contribution >= 4 is 11.6 Å². The Balaban J connectivity index is 2.62. The van der Waals surface area contributed by atoms with Crippen molar-refractivity contribution in [2.45, 2.75) is 39.3 Å². The molecule has 0 spiro atoms.